The molecule has 1 aliphatic heterocycles. The molecule has 0 unspecified atom stereocenters. The van der Waals surface area contributed by atoms with E-state index in [4.69, 9.17) is 4.52 Å². The Kier molecular flexibility index (Phi) is 3.80. The second kappa shape index (κ2) is 5.21. The number of fused-ring (bicyclic) bond motifs is 1. The maximum Gasteiger partial charge on any atom is 1.00 e. The Morgan fingerprint density at radius 3 is 2.84 bits per heavy atom. The summed E-state index contributed by atoms with van der Waals surface area (Å²) in [6, 6.07) is 5.53. The van der Waals surface area contributed by atoms with Gasteiger partial charge in [0.25, 0.3) is 0 Å². The molecule has 2 aromatic rings. The van der Waals surface area contributed by atoms with Gasteiger partial charge in [-0.1, -0.05) is 23.4 Å². The number of amides is 2. The third-order valence-corrected chi connectivity index (χ3v) is 3.05. The van der Waals surface area contributed by atoms with Crippen molar-refractivity contribution < 1.29 is 31.7 Å². The van der Waals surface area contributed by atoms with E-state index < -0.39 is 0 Å². The largest absolute Gasteiger partial charge is 1.00 e. The zero-order valence-electron chi connectivity index (χ0n) is 10.5. The summed E-state index contributed by atoms with van der Waals surface area (Å²) in [6.45, 7) is 4.31. The van der Waals surface area contributed by atoms with Crippen LogP contribution >= 0.6 is 0 Å². The van der Waals surface area contributed by atoms with Gasteiger partial charge in [0.1, 0.15) is 5.76 Å². The van der Waals surface area contributed by atoms with Crippen LogP contribution in [0.15, 0.2) is 22.7 Å². The van der Waals surface area contributed by atoms with E-state index >= 15 is 0 Å². The fourth-order valence-corrected chi connectivity index (χ4v) is 2.21. The Morgan fingerprint density at radius 2 is 2.16 bits per heavy atom. The van der Waals surface area contributed by atoms with Crippen molar-refractivity contribution >= 4 is 11.7 Å². The Labute approximate surface area is 126 Å². The van der Waals surface area contributed by atoms with E-state index in [0.29, 0.717) is 6.54 Å². The second-order valence-corrected chi connectivity index (χ2v) is 4.31. The Bertz CT molecular complexity index is 617. The minimum Gasteiger partial charge on any atom is -0.445 e. The number of aromatic nitrogens is 1. The molecule has 19 heavy (non-hydrogen) atoms. The van der Waals surface area contributed by atoms with Crippen molar-refractivity contribution in [3.05, 3.63) is 40.5 Å². The number of urea groups is 1. The summed E-state index contributed by atoms with van der Waals surface area (Å²) in [7, 11) is 0. The van der Waals surface area contributed by atoms with Gasteiger partial charge >= 0.3 is 22.4 Å². The molecule has 1 aliphatic rings. The smallest absolute Gasteiger partial charge is 0.445 e. The van der Waals surface area contributed by atoms with Gasteiger partial charge in [-0.2, -0.15) is 0 Å². The molecule has 5 nitrogen and oxygen atoms in total. The number of aryl methyl sites for hydroxylation is 2. The Morgan fingerprint density at radius 1 is 1.37 bits per heavy atom. The first-order valence-corrected chi connectivity index (χ1v) is 5.71. The maximum absolute atomic E-state index is 11.1. The van der Waals surface area contributed by atoms with Crippen molar-refractivity contribution in [2.24, 2.45) is 0 Å². The SMILES string of the molecule is Cc1noc(C)c1-c1ccc2c(c1)CNC(=O)[N-]2.[Au+]. The van der Waals surface area contributed by atoms with Crippen LogP contribution in [-0.2, 0) is 28.9 Å². The van der Waals surface area contributed by atoms with Crippen LogP contribution in [0.3, 0.4) is 0 Å². The van der Waals surface area contributed by atoms with Gasteiger partial charge in [0.2, 0.25) is 0 Å². The average molecular weight is 439 g/mol. The van der Waals surface area contributed by atoms with Gasteiger partial charge in [0.05, 0.1) is 5.69 Å². The van der Waals surface area contributed by atoms with Crippen LogP contribution < -0.4 is 5.32 Å². The van der Waals surface area contributed by atoms with E-state index in [0.717, 1.165) is 33.8 Å². The molecule has 102 valence electrons. The standard InChI is InChI=1S/C13H13N3O2.Au/c1-7-12(8(2)18-16-7)9-3-4-11-10(5-9)6-14-13(17)15-11;/h3-5H,6H2,1-2H3,(H2,14,15,17);/q;+1/p-1. The summed E-state index contributed by atoms with van der Waals surface area (Å²) in [4.78, 5) is 11.1. The Balaban J connectivity index is 0.00000133. The van der Waals surface area contributed by atoms with Gasteiger partial charge in [0, 0.05) is 5.56 Å². The molecule has 2 heterocycles. The molecule has 0 saturated heterocycles. The quantitative estimate of drug-likeness (QED) is 0.695. The van der Waals surface area contributed by atoms with E-state index in [1.54, 1.807) is 0 Å². The van der Waals surface area contributed by atoms with Gasteiger partial charge in [-0.3, -0.25) is 4.79 Å². The monoisotopic (exact) mass is 439 g/mol. The number of hydrogen-bond donors (Lipinski definition) is 1. The van der Waals surface area contributed by atoms with Gasteiger partial charge in [-0.05, 0) is 37.2 Å². The van der Waals surface area contributed by atoms with Gasteiger partial charge in [-0.25, -0.2) is 0 Å². The average Bonchev–Trinajstić information content (AvgIpc) is 2.69. The summed E-state index contributed by atoms with van der Waals surface area (Å²) in [5.74, 6) is 0.796. The molecule has 1 aromatic heterocycles. The van der Waals surface area contributed by atoms with E-state index in [2.05, 4.69) is 15.8 Å². The molecule has 6 heteroatoms. The first-order chi connectivity index (χ1) is 8.65. The van der Waals surface area contributed by atoms with Crippen molar-refractivity contribution in [3.63, 3.8) is 0 Å². The van der Waals surface area contributed by atoms with Crippen LogP contribution in [0.2, 0.25) is 0 Å². The molecule has 2 amide bonds. The summed E-state index contributed by atoms with van der Waals surface area (Å²) in [6.07, 6.45) is 0. The predicted octanol–water partition coefficient (Wildman–Crippen LogP) is 3.18. The van der Waals surface area contributed by atoms with Crippen molar-refractivity contribution in [2.75, 3.05) is 0 Å². The van der Waals surface area contributed by atoms with Crippen LogP contribution in [0.25, 0.3) is 16.4 Å². The summed E-state index contributed by atoms with van der Waals surface area (Å²) in [5.41, 5.74) is 4.65. The molecule has 0 fully saturated rings. The molecule has 0 bridgehead atoms. The van der Waals surface area contributed by atoms with Crippen LogP contribution in [0.4, 0.5) is 10.5 Å². The summed E-state index contributed by atoms with van der Waals surface area (Å²) < 4.78 is 5.17. The Hall–Kier alpha value is -1.56. The van der Waals surface area contributed by atoms with E-state index in [1.165, 1.54) is 0 Å². The number of carbonyl (C=O) groups excluding carboxylic acids is 1. The van der Waals surface area contributed by atoms with Crippen molar-refractivity contribution in [1.29, 1.82) is 0 Å². The minimum absolute atomic E-state index is 0. The van der Waals surface area contributed by atoms with E-state index in [9.17, 15) is 4.79 Å². The molecular formula is C13H12AuN3O2. The predicted molar refractivity (Wildman–Crippen MR) is 66.7 cm³/mol. The normalized spacial score (nSPS) is 13.1. The molecule has 3 rings (SSSR count). The second-order valence-electron chi connectivity index (χ2n) is 4.31. The van der Waals surface area contributed by atoms with Crippen molar-refractivity contribution in [2.45, 2.75) is 20.4 Å². The zero-order chi connectivity index (χ0) is 12.7. The number of benzene rings is 1. The van der Waals surface area contributed by atoms with Crippen molar-refractivity contribution in [3.8, 4) is 11.1 Å². The zero-order valence-corrected chi connectivity index (χ0v) is 12.6. The van der Waals surface area contributed by atoms with Crippen molar-refractivity contribution in [1.82, 2.24) is 10.5 Å². The molecule has 0 radical (unpaired) electrons. The van der Waals surface area contributed by atoms with Gasteiger partial charge < -0.3 is 15.2 Å². The number of hydrogen-bond acceptors (Lipinski definition) is 3. The molecular weight excluding hydrogens is 427 g/mol. The van der Waals surface area contributed by atoms with Gasteiger partial charge in [0.15, 0.2) is 6.03 Å². The fourth-order valence-electron chi connectivity index (χ4n) is 2.21. The van der Waals surface area contributed by atoms with E-state index in [-0.39, 0.29) is 28.4 Å². The third kappa shape index (κ3) is 2.45. The van der Waals surface area contributed by atoms with Crippen LogP contribution in [0, 0.1) is 13.8 Å². The number of carbonyl (C=O) groups is 1. The fraction of sp³-hybridized carbons (Fsp3) is 0.231. The molecule has 1 N–H and O–H groups in total. The maximum atomic E-state index is 11.1. The topological polar surface area (TPSA) is 69.2 Å². The van der Waals surface area contributed by atoms with Crippen LogP contribution in [0.5, 0.6) is 0 Å². The molecule has 1 aromatic carbocycles. The van der Waals surface area contributed by atoms with Crippen LogP contribution in [0.1, 0.15) is 17.0 Å². The molecule has 0 spiro atoms. The van der Waals surface area contributed by atoms with Gasteiger partial charge in [-0.15, -0.1) is 0 Å². The minimum atomic E-state index is -0.285. The number of rotatable bonds is 1. The molecule has 0 atom stereocenters. The molecule has 0 aliphatic carbocycles. The number of nitrogens with zero attached hydrogens (tertiary/aromatic N) is 2. The first-order valence-electron chi connectivity index (χ1n) is 5.71. The first kappa shape index (κ1) is 13.9. The number of nitrogens with one attached hydrogen (secondary N) is 1. The van der Waals surface area contributed by atoms with Crippen LogP contribution in [-0.4, -0.2) is 11.2 Å². The molecule has 0 saturated carbocycles. The van der Waals surface area contributed by atoms with E-state index in [1.807, 2.05) is 32.0 Å². The summed E-state index contributed by atoms with van der Waals surface area (Å²) >= 11 is 0. The summed E-state index contributed by atoms with van der Waals surface area (Å²) in [5, 5.41) is 10.6. The third-order valence-electron chi connectivity index (χ3n) is 3.05.